The van der Waals surface area contributed by atoms with Crippen LogP contribution in [0.1, 0.15) is 34.3 Å². The number of benzene rings is 4. The maximum atomic E-state index is 14.6. The summed E-state index contributed by atoms with van der Waals surface area (Å²) in [6, 6.07) is 23.5. The molecule has 12 nitrogen and oxygen atoms in total. The average Bonchev–Trinajstić information content (AvgIpc) is 3.86. The SMILES string of the molecule is Cc1ccc2c(N3CC[C@@H](N)C3)nc(-c3c(O)cccc3F)nc2c1.Cc1ccc2c(N3CC[C@@H](NC(=O)c4ccncc4)C3)nc(-c3c(O)cccc3F)nc2c1. The van der Waals surface area contributed by atoms with E-state index in [0.29, 0.717) is 36.5 Å². The van der Waals surface area contributed by atoms with Crippen LogP contribution in [0.25, 0.3) is 44.6 Å². The van der Waals surface area contributed by atoms with Gasteiger partial charge in [-0.2, -0.15) is 0 Å². The molecule has 2 aliphatic rings. The number of pyridine rings is 1. The van der Waals surface area contributed by atoms with Gasteiger partial charge in [0.1, 0.15) is 34.8 Å². The minimum Gasteiger partial charge on any atom is -0.507 e. The molecule has 3 aromatic heterocycles. The van der Waals surface area contributed by atoms with Crippen LogP contribution in [0.3, 0.4) is 0 Å². The zero-order chi connectivity index (χ0) is 40.5. The van der Waals surface area contributed by atoms with Gasteiger partial charge in [0.25, 0.3) is 5.91 Å². The lowest BCUT2D eigenvalue weighted by atomic mass is 10.1. The van der Waals surface area contributed by atoms with Gasteiger partial charge in [-0.05, 0) is 98.5 Å². The molecule has 14 heteroatoms. The van der Waals surface area contributed by atoms with E-state index in [-0.39, 0.29) is 52.3 Å². The van der Waals surface area contributed by atoms with E-state index in [1.807, 2.05) is 50.2 Å². The van der Waals surface area contributed by atoms with Crippen LogP contribution in [-0.2, 0) is 0 Å². The predicted molar refractivity (Wildman–Crippen MR) is 220 cm³/mol. The number of aryl methyl sites for hydroxylation is 2. The topological polar surface area (TPSA) is 167 Å². The number of hydrogen-bond donors (Lipinski definition) is 4. The molecule has 2 saturated heterocycles. The van der Waals surface area contributed by atoms with Gasteiger partial charge < -0.3 is 31.1 Å². The summed E-state index contributed by atoms with van der Waals surface area (Å²) in [5, 5.41) is 25.2. The minimum atomic E-state index is -0.586. The number of aromatic hydroxyl groups is 2. The number of nitrogens with zero attached hydrogens (tertiary/aromatic N) is 7. The molecule has 9 rings (SSSR count). The van der Waals surface area contributed by atoms with E-state index in [0.717, 1.165) is 52.6 Å². The first-order valence-electron chi connectivity index (χ1n) is 19.0. The van der Waals surface area contributed by atoms with E-state index in [2.05, 4.69) is 40.0 Å². The fraction of sp³-hybridized carbons (Fsp3) is 0.227. The molecule has 5 heterocycles. The van der Waals surface area contributed by atoms with Crippen LogP contribution in [0.4, 0.5) is 20.4 Å². The van der Waals surface area contributed by atoms with Gasteiger partial charge in [0.05, 0.1) is 22.2 Å². The van der Waals surface area contributed by atoms with Crippen molar-refractivity contribution in [1.82, 2.24) is 30.2 Å². The highest BCUT2D eigenvalue weighted by Gasteiger charge is 2.28. The van der Waals surface area contributed by atoms with Crippen LogP contribution in [0.15, 0.2) is 97.3 Å². The summed E-state index contributed by atoms with van der Waals surface area (Å²) in [5.74, 6) is 0.0336. The summed E-state index contributed by atoms with van der Waals surface area (Å²) in [5.41, 5.74) is 10.1. The number of anilines is 2. The number of rotatable bonds is 6. The second kappa shape index (κ2) is 16.0. The molecular formula is C44H41F2N9O3. The van der Waals surface area contributed by atoms with Crippen molar-refractivity contribution < 1.29 is 23.8 Å². The van der Waals surface area contributed by atoms with Crippen LogP contribution >= 0.6 is 0 Å². The highest BCUT2D eigenvalue weighted by molar-refractivity contribution is 5.95. The smallest absolute Gasteiger partial charge is 0.251 e. The molecule has 1 amide bonds. The molecule has 0 saturated carbocycles. The zero-order valence-electron chi connectivity index (χ0n) is 31.9. The number of phenols is 2. The lowest BCUT2D eigenvalue weighted by molar-refractivity contribution is 0.0940. The van der Waals surface area contributed by atoms with Crippen molar-refractivity contribution in [3.05, 3.63) is 126 Å². The maximum absolute atomic E-state index is 14.6. The molecule has 0 spiro atoms. The normalized spacial score (nSPS) is 16.4. The first kappa shape index (κ1) is 38.1. The number of carbonyl (C=O) groups is 1. The lowest BCUT2D eigenvalue weighted by Crippen LogP contribution is -2.37. The standard InChI is InChI=1S/C25H22FN5O2.C19H19FN4O/c1-15-5-6-18-20(13-15)29-23(22-19(26)3-2-4-21(22)32)30-24(18)31-12-9-17(14-31)28-25(33)16-7-10-27-11-8-16;1-11-5-6-13-15(9-11)22-18(17-14(20)3-2-4-16(17)25)23-19(13)24-8-7-12(21)10-24/h2-8,10-11,13,17,32H,9,12,14H2,1H3,(H,28,33);2-6,9,12,25H,7-8,10,21H2,1H3/t17-;12-/m11/s1. The summed E-state index contributed by atoms with van der Waals surface area (Å²) < 4.78 is 28.9. The second-order valence-corrected chi connectivity index (χ2v) is 14.7. The van der Waals surface area contributed by atoms with E-state index in [4.69, 9.17) is 5.73 Å². The molecule has 4 aromatic carbocycles. The molecule has 0 aliphatic carbocycles. The Hall–Kier alpha value is -6.80. The number of aromatic nitrogens is 5. The number of phenolic OH excluding ortho intramolecular Hbond substituents is 2. The molecule has 0 unspecified atom stereocenters. The largest absolute Gasteiger partial charge is 0.507 e. The van der Waals surface area contributed by atoms with Crippen molar-refractivity contribution in [2.24, 2.45) is 5.73 Å². The monoisotopic (exact) mass is 781 g/mol. The van der Waals surface area contributed by atoms with Crippen molar-refractivity contribution in [2.75, 3.05) is 36.0 Å². The number of amides is 1. The highest BCUT2D eigenvalue weighted by Crippen LogP contribution is 2.36. The van der Waals surface area contributed by atoms with Gasteiger partial charge in [-0.3, -0.25) is 9.78 Å². The van der Waals surface area contributed by atoms with Crippen molar-refractivity contribution in [1.29, 1.82) is 0 Å². The molecule has 0 radical (unpaired) electrons. The molecule has 7 aromatic rings. The summed E-state index contributed by atoms with van der Waals surface area (Å²) >= 11 is 0. The molecule has 5 N–H and O–H groups in total. The molecule has 294 valence electrons. The average molecular weight is 782 g/mol. The summed E-state index contributed by atoms with van der Waals surface area (Å²) in [4.78, 5) is 39.0. The molecule has 0 bridgehead atoms. The lowest BCUT2D eigenvalue weighted by Gasteiger charge is -2.21. The molecule has 2 fully saturated rings. The molecular weight excluding hydrogens is 741 g/mol. The fourth-order valence-corrected chi connectivity index (χ4v) is 7.44. The predicted octanol–water partition coefficient (Wildman–Crippen LogP) is 6.84. The van der Waals surface area contributed by atoms with Crippen molar-refractivity contribution >= 4 is 39.3 Å². The first-order chi connectivity index (χ1) is 28.0. The Balaban J connectivity index is 0.000000168. The number of hydrogen-bond acceptors (Lipinski definition) is 11. The quantitative estimate of drug-likeness (QED) is 0.140. The van der Waals surface area contributed by atoms with E-state index in [1.165, 1.54) is 36.4 Å². The molecule has 58 heavy (non-hydrogen) atoms. The summed E-state index contributed by atoms with van der Waals surface area (Å²) in [6.07, 6.45) is 4.81. The fourth-order valence-electron chi connectivity index (χ4n) is 7.44. The third kappa shape index (κ3) is 7.78. The van der Waals surface area contributed by atoms with Gasteiger partial charge in [0.15, 0.2) is 11.6 Å². The minimum absolute atomic E-state index is 0.0238. The molecule has 2 atom stereocenters. The summed E-state index contributed by atoms with van der Waals surface area (Å²) in [7, 11) is 0. The maximum Gasteiger partial charge on any atom is 0.251 e. The number of carbonyl (C=O) groups excluding carboxylic acids is 1. The number of halogens is 2. The van der Waals surface area contributed by atoms with E-state index in [1.54, 1.807) is 24.5 Å². The first-order valence-corrected chi connectivity index (χ1v) is 19.0. The van der Waals surface area contributed by atoms with Gasteiger partial charge in [0, 0.05) is 67.0 Å². The highest BCUT2D eigenvalue weighted by atomic mass is 19.1. The van der Waals surface area contributed by atoms with Gasteiger partial charge >= 0.3 is 0 Å². The van der Waals surface area contributed by atoms with Gasteiger partial charge in [-0.25, -0.2) is 28.7 Å². The number of fused-ring (bicyclic) bond motifs is 2. The van der Waals surface area contributed by atoms with E-state index in [9.17, 15) is 23.8 Å². The third-order valence-electron chi connectivity index (χ3n) is 10.4. The second-order valence-electron chi connectivity index (χ2n) is 14.7. The van der Waals surface area contributed by atoms with Crippen LogP contribution in [0.5, 0.6) is 11.5 Å². The Morgan fingerprint density at radius 1 is 0.707 bits per heavy atom. The Kier molecular flexibility index (Phi) is 10.5. The van der Waals surface area contributed by atoms with Crippen molar-refractivity contribution in [3.63, 3.8) is 0 Å². The molecule has 2 aliphatic heterocycles. The number of nitrogens with two attached hydrogens (primary N) is 1. The van der Waals surface area contributed by atoms with Crippen molar-refractivity contribution in [3.8, 4) is 34.3 Å². The van der Waals surface area contributed by atoms with Crippen LogP contribution < -0.4 is 20.9 Å². The van der Waals surface area contributed by atoms with E-state index >= 15 is 0 Å². The van der Waals surface area contributed by atoms with Crippen LogP contribution in [0, 0.1) is 25.5 Å². The van der Waals surface area contributed by atoms with Crippen LogP contribution in [0.2, 0.25) is 0 Å². The Morgan fingerprint density at radius 3 is 1.72 bits per heavy atom. The van der Waals surface area contributed by atoms with Crippen molar-refractivity contribution in [2.45, 2.75) is 38.8 Å². The Morgan fingerprint density at radius 2 is 1.22 bits per heavy atom. The van der Waals surface area contributed by atoms with Gasteiger partial charge in [-0.1, -0.05) is 24.3 Å². The Labute approximate surface area is 333 Å². The van der Waals surface area contributed by atoms with Crippen LogP contribution in [-0.4, -0.2) is 79.3 Å². The third-order valence-corrected chi connectivity index (χ3v) is 10.4. The van der Waals surface area contributed by atoms with E-state index < -0.39 is 11.6 Å². The zero-order valence-corrected chi connectivity index (χ0v) is 31.9. The van der Waals surface area contributed by atoms with Gasteiger partial charge in [0.2, 0.25) is 0 Å². The number of nitrogens with one attached hydrogen (secondary N) is 1. The Bertz CT molecular complexity index is 2620. The summed E-state index contributed by atoms with van der Waals surface area (Å²) in [6.45, 7) is 6.66. The van der Waals surface area contributed by atoms with Gasteiger partial charge in [-0.15, -0.1) is 0 Å².